The van der Waals surface area contributed by atoms with E-state index in [9.17, 15) is 4.79 Å². The molecule has 0 saturated carbocycles. The summed E-state index contributed by atoms with van der Waals surface area (Å²) < 4.78 is 0. The van der Waals surface area contributed by atoms with Crippen LogP contribution in [-0.4, -0.2) is 5.91 Å². The summed E-state index contributed by atoms with van der Waals surface area (Å²) >= 11 is 5.65. The van der Waals surface area contributed by atoms with E-state index in [1.54, 1.807) is 0 Å². The van der Waals surface area contributed by atoms with Gasteiger partial charge in [0.1, 0.15) is 0 Å². The van der Waals surface area contributed by atoms with Crippen molar-refractivity contribution in [3.63, 3.8) is 0 Å². The lowest BCUT2D eigenvalue weighted by Crippen LogP contribution is -2.17. The molecule has 0 aliphatic rings. The highest BCUT2D eigenvalue weighted by atomic mass is 35.5. The molecular formula is C11H12ClNO. The molecule has 1 aromatic rings. The van der Waals surface area contributed by atoms with Crippen LogP contribution in [0.2, 0.25) is 0 Å². The van der Waals surface area contributed by atoms with E-state index in [0.29, 0.717) is 11.6 Å². The first kappa shape index (κ1) is 10.8. The lowest BCUT2D eigenvalue weighted by Gasteiger charge is -2.06. The van der Waals surface area contributed by atoms with Crippen molar-refractivity contribution in [3.8, 4) is 0 Å². The van der Waals surface area contributed by atoms with Gasteiger partial charge >= 0.3 is 0 Å². The summed E-state index contributed by atoms with van der Waals surface area (Å²) in [6.45, 7) is 5.21. The van der Waals surface area contributed by atoms with Crippen LogP contribution in [0.4, 0.5) is 0 Å². The molecule has 0 radical (unpaired) electrons. The van der Waals surface area contributed by atoms with Crippen molar-refractivity contribution in [2.24, 2.45) is 0 Å². The molecule has 0 fully saturated rings. The maximum absolute atomic E-state index is 10.8. The number of nitrogens with one attached hydrogen (secondary N) is 1. The molecule has 0 heterocycles. The molecule has 0 saturated heterocycles. The molecule has 3 heteroatoms. The fourth-order valence-corrected chi connectivity index (χ4v) is 1.26. The topological polar surface area (TPSA) is 29.1 Å². The van der Waals surface area contributed by atoms with E-state index in [2.05, 4.69) is 11.9 Å². The van der Waals surface area contributed by atoms with Gasteiger partial charge < -0.3 is 5.32 Å². The summed E-state index contributed by atoms with van der Waals surface area (Å²) in [5.74, 6) is 0.379. The molecule has 0 spiro atoms. The van der Waals surface area contributed by atoms with Crippen LogP contribution in [0.1, 0.15) is 18.1 Å². The summed E-state index contributed by atoms with van der Waals surface area (Å²) in [4.78, 5) is 10.8. The Bertz CT molecular complexity index is 343. The quantitative estimate of drug-likeness (QED) is 0.762. The maximum atomic E-state index is 10.8. The zero-order valence-electron chi connectivity index (χ0n) is 8.01. The lowest BCUT2D eigenvalue weighted by molar-refractivity contribution is -0.117. The van der Waals surface area contributed by atoms with E-state index >= 15 is 0 Å². The molecule has 1 aromatic carbocycles. The van der Waals surface area contributed by atoms with Gasteiger partial charge in [0.2, 0.25) is 5.91 Å². The number of rotatable bonds is 3. The zero-order chi connectivity index (χ0) is 10.6. The van der Waals surface area contributed by atoms with E-state index in [1.165, 1.54) is 6.92 Å². The van der Waals surface area contributed by atoms with Crippen LogP contribution in [-0.2, 0) is 10.7 Å². The molecule has 0 atom stereocenters. The van der Waals surface area contributed by atoms with E-state index in [-0.39, 0.29) is 5.91 Å². The molecule has 1 rings (SSSR count). The van der Waals surface area contributed by atoms with Crippen molar-refractivity contribution in [1.29, 1.82) is 0 Å². The molecular weight excluding hydrogens is 198 g/mol. The highest BCUT2D eigenvalue weighted by Crippen LogP contribution is 2.12. The van der Waals surface area contributed by atoms with Crippen molar-refractivity contribution in [2.75, 3.05) is 0 Å². The lowest BCUT2D eigenvalue weighted by atomic mass is 10.1. The molecule has 0 bridgehead atoms. The number of benzene rings is 1. The van der Waals surface area contributed by atoms with Gasteiger partial charge in [-0.1, -0.05) is 30.8 Å². The second-order valence-electron chi connectivity index (χ2n) is 2.99. The summed E-state index contributed by atoms with van der Waals surface area (Å²) in [6, 6.07) is 7.59. The fraction of sp³-hybridized carbons (Fsp3) is 0.182. The summed E-state index contributed by atoms with van der Waals surface area (Å²) in [6.07, 6.45) is 0. The maximum Gasteiger partial charge on any atom is 0.221 e. The van der Waals surface area contributed by atoms with E-state index in [0.717, 1.165) is 11.1 Å². The molecule has 14 heavy (non-hydrogen) atoms. The predicted molar refractivity (Wildman–Crippen MR) is 58.8 cm³/mol. The minimum Gasteiger partial charge on any atom is -0.326 e. The van der Waals surface area contributed by atoms with Gasteiger partial charge in [0.25, 0.3) is 0 Å². The molecule has 1 amide bonds. The van der Waals surface area contributed by atoms with Gasteiger partial charge in [-0.3, -0.25) is 4.79 Å². The number of amides is 1. The van der Waals surface area contributed by atoms with E-state index in [1.807, 2.05) is 24.3 Å². The Morgan fingerprint density at radius 2 is 2.00 bits per heavy atom. The first-order valence-electron chi connectivity index (χ1n) is 4.25. The Morgan fingerprint density at radius 1 is 1.43 bits per heavy atom. The highest BCUT2D eigenvalue weighted by molar-refractivity contribution is 6.17. The third-order valence-electron chi connectivity index (χ3n) is 1.78. The normalized spacial score (nSPS) is 9.57. The van der Waals surface area contributed by atoms with Crippen LogP contribution in [0.15, 0.2) is 30.8 Å². The molecule has 0 aromatic heterocycles. The van der Waals surface area contributed by atoms with Gasteiger partial charge in [-0.25, -0.2) is 0 Å². The van der Waals surface area contributed by atoms with Crippen molar-refractivity contribution in [2.45, 2.75) is 12.8 Å². The summed E-state index contributed by atoms with van der Waals surface area (Å²) in [7, 11) is 0. The third-order valence-corrected chi connectivity index (χ3v) is 2.09. The van der Waals surface area contributed by atoms with Crippen LogP contribution < -0.4 is 5.32 Å². The zero-order valence-corrected chi connectivity index (χ0v) is 8.77. The highest BCUT2D eigenvalue weighted by Gasteiger charge is 2.00. The minimum absolute atomic E-state index is 0.114. The Morgan fingerprint density at radius 3 is 2.43 bits per heavy atom. The standard InChI is InChI=1S/C11H12ClNO/c1-8(13-9(2)14)11-5-3-10(7-12)4-6-11/h3-6H,1,7H2,2H3,(H,13,14). The molecule has 74 valence electrons. The molecule has 2 nitrogen and oxygen atoms in total. The first-order valence-corrected chi connectivity index (χ1v) is 4.78. The van der Waals surface area contributed by atoms with Crippen molar-refractivity contribution in [3.05, 3.63) is 42.0 Å². The largest absolute Gasteiger partial charge is 0.326 e. The van der Waals surface area contributed by atoms with Gasteiger partial charge in [0.05, 0.1) is 0 Å². The Hall–Kier alpha value is -1.28. The number of hydrogen-bond donors (Lipinski definition) is 1. The monoisotopic (exact) mass is 209 g/mol. The predicted octanol–water partition coefficient (Wildman–Crippen LogP) is 2.53. The van der Waals surface area contributed by atoms with Crippen LogP contribution >= 0.6 is 11.6 Å². The van der Waals surface area contributed by atoms with Gasteiger partial charge in [0.15, 0.2) is 0 Å². The summed E-state index contributed by atoms with van der Waals surface area (Å²) in [5, 5.41) is 2.63. The van der Waals surface area contributed by atoms with Gasteiger partial charge in [0, 0.05) is 18.5 Å². The number of hydrogen-bond acceptors (Lipinski definition) is 1. The first-order chi connectivity index (χ1) is 6.63. The molecule has 0 unspecified atom stereocenters. The number of carbonyl (C=O) groups excluding carboxylic acids is 1. The molecule has 1 N–H and O–H groups in total. The average Bonchev–Trinajstić information content (AvgIpc) is 2.17. The van der Waals surface area contributed by atoms with Crippen LogP contribution in [0.5, 0.6) is 0 Å². The second-order valence-corrected chi connectivity index (χ2v) is 3.26. The Balaban J connectivity index is 2.76. The number of carbonyl (C=O) groups is 1. The fourth-order valence-electron chi connectivity index (χ4n) is 1.08. The van der Waals surface area contributed by atoms with Gasteiger partial charge in [-0.2, -0.15) is 0 Å². The van der Waals surface area contributed by atoms with E-state index < -0.39 is 0 Å². The van der Waals surface area contributed by atoms with Crippen molar-refractivity contribution >= 4 is 23.2 Å². The SMILES string of the molecule is C=C(NC(C)=O)c1ccc(CCl)cc1. The Labute approximate surface area is 88.6 Å². The van der Waals surface area contributed by atoms with Crippen LogP contribution in [0.3, 0.4) is 0 Å². The number of halogens is 1. The second kappa shape index (κ2) is 4.82. The van der Waals surface area contributed by atoms with Crippen molar-refractivity contribution in [1.82, 2.24) is 5.32 Å². The smallest absolute Gasteiger partial charge is 0.221 e. The van der Waals surface area contributed by atoms with Gasteiger partial charge in [-0.05, 0) is 11.1 Å². The van der Waals surface area contributed by atoms with E-state index in [4.69, 9.17) is 11.6 Å². The molecule has 0 aliphatic heterocycles. The van der Waals surface area contributed by atoms with Crippen molar-refractivity contribution < 1.29 is 4.79 Å². The number of alkyl halides is 1. The molecule has 0 aliphatic carbocycles. The Kier molecular flexibility index (Phi) is 3.72. The third kappa shape index (κ3) is 2.89. The van der Waals surface area contributed by atoms with Crippen LogP contribution in [0, 0.1) is 0 Å². The van der Waals surface area contributed by atoms with Crippen LogP contribution in [0.25, 0.3) is 5.70 Å². The van der Waals surface area contributed by atoms with Gasteiger partial charge in [-0.15, -0.1) is 11.6 Å². The minimum atomic E-state index is -0.114. The average molecular weight is 210 g/mol. The summed E-state index contributed by atoms with van der Waals surface area (Å²) in [5.41, 5.74) is 2.55.